The van der Waals surface area contributed by atoms with Crippen molar-refractivity contribution in [3.63, 3.8) is 0 Å². The highest BCUT2D eigenvalue weighted by Crippen LogP contribution is 2.32. The van der Waals surface area contributed by atoms with Crippen molar-refractivity contribution in [2.24, 2.45) is 5.41 Å². The van der Waals surface area contributed by atoms with Crippen LogP contribution in [-0.2, 0) is 0 Å². The van der Waals surface area contributed by atoms with E-state index in [-0.39, 0.29) is 0 Å². The van der Waals surface area contributed by atoms with E-state index >= 15 is 0 Å². The average molecular weight is 232 g/mol. The largest absolute Gasteiger partial charge is 0.354 e. The summed E-state index contributed by atoms with van der Waals surface area (Å²) in [4.78, 5) is 7.16. The van der Waals surface area contributed by atoms with Crippen LogP contribution in [0, 0.1) is 12.3 Å². The van der Waals surface area contributed by atoms with Crippen LogP contribution < -0.4 is 4.90 Å². The first-order chi connectivity index (χ1) is 7.96. The molecule has 0 spiro atoms. The standard InChI is InChI=1S/C15H24N2/c1-12-7-5-9-14(16-12)17-10-6-8-13(17)11-15(2,3)4/h5,7,9,13H,6,8,10-11H2,1-4H3. The molecule has 0 bridgehead atoms. The van der Waals surface area contributed by atoms with Gasteiger partial charge in [0.15, 0.2) is 0 Å². The molecular weight excluding hydrogens is 208 g/mol. The van der Waals surface area contributed by atoms with Crippen molar-refractivity contribution in [1.82, 2.24) is 4.98 Å². The van der Waals surface area contributed by atoms with E-state index in [9.17, 15) is 0 Å². The minimum atomic E-state index is 0.400. The van der Waals surface area contributed by atoms with Gasteiger partial charge in [-0.2, -0.15) is 0 Å². The highest BCUT2D eigenvalue weighted by molar-refractivity contribution is 5.41. The van der Waals surface area contributed by atoms with Crippen molar-refractivity contribution < 1.29 is 0 Å². The minimum Gasteiger partial charge on any atom is -0.354 e. The molecule has 2 nitrogen and oxygen atoms in total. The molecule has 0 radical (unpaired) electrons. The summed E-state index contributed by atoms with van der Waals surface area (Å²) >= 11 is 0. The molecule has 0 amide bonds. The van der Waals surface area contributed by atoms with Crippen molar-refractivity contribution in [2.75, 3.05) is 11.4 Å². The lowest BCUT2D eigenvalue weighted by Crippen LogP contribution is -2.33. The zero-order valence-corrected chi connectivity index (χ0v) is 11.5. The van der Waals surface area contributed by atoms with Gasteiger partial charge in [0.2, 0.25) is 0 Å². The summed E-state index contributed by atoms with van der Waals surface area (Å²) < 4.78 is 0. The van der Waals surface area contributed by atoms with E-state index in [4.69, 9.17) is 0 Å². The molecule has 1 atom stereocenters. The number of hydrogen-bond acceptors (Lipinski definition) is 2. The molecule has 1 fully saturated rings. The number of hydrogen-bond donors (Lipinski definition) is 0. The Morgan fingerprint density at radius 3 is 2.76 bits per heavy atom. The fraction of sp³-hybridized carbons (Fsp3) is 0.667. The Balaban J connectivity index is 2.14. The monoisotopic (exact) mass is 232 g/mol. The van der Waals surface area contributed by atoms with Gasteiger partial charge < -0.3 is 4.90 Å². The summed E-state index contributed by atoms with van der Waals surface area (Å²) in [5, 5.41) is 0. The molecule has 1 aliphatic heterocycles. The van der Waals surface area contributed by atoms with E-state index in [2.05, 4.69) is 55.8 Å². The summed E-state index contributed by atoms with van der Waals surface area (Å²) in [7, 11) is 0. The third kappa shape index (κ3) is 3.21. The SMILES string of the molecule is Cc1cccc(N2CCCC2CC(C)(C)C)n1. The normalized spacial score (nSPS) is 20.9. The zero-order chi connectivity index (χ0) is 12.5. The summed E-state index contributed by atoms with van der Waals surface area (Å²) in [5.74, 6) is 1.16. The van der Waals surface area contributed by atoms with Crippen molar-refractivity contribution in [3.8, 4) is 0 Å². The third-order valence-corrected chi connectivity index (χ3v) is 3.39. The van der Waals surface area contributed by atoms with Crippen LogP contribution in [-0.4, -0.2) is 17.6 Å². The van der Waals surface area contributed by atoms with Gasteiger partial charge in [-0.05, 0) is 43.7 Å². The number of aromatic nitrogens is 1. The summed E-state index contributed by atoms with van der Waals surface area (Å²) in [6, 6.07) is 7.00. The Morgan fingerprint density at radius 2 is 2.12 bits per heavy atom. The van der Waals surface area contributed by atoms with Gasteiger partial charge in [0.25, 0.3) is 0 Å². The van der Waals surface area contributed by atoms with Gasteiger partial charge in [0.1, 0.15) is 5.82 Å². The molecule has 2 rings (SSSR count). The Bertz CT molecular complexity index is 379. The predicted octanol–water partition coefficient (Wildman–Crippen LogP) is 3.80. The van der Waals surface area contributed by atoms with E-state index in [1.165, 1.54) is 19.3 Å². The van der Waals surface area contributed by atoms with E-state index < -0.39 is 0 Å². The fourth-order valence-electron chi connectivity index (χ4n) is 2.75. The Hall–Kier alpha value is -1.05. The summed E-state index contributed by atoms with van der Waals surface area (Å²) in [6.07, 6.45) is 3.87. The second-order valence-corrected chi connectivity index (χ2v) is 6.39. The molecule has 17 heavy (non-hydrogen) atoms. The molecule has 0 aliphatic carbocycles. The van der Waals surface area contributed by atoms with Crippen LogP contribution in [0.25, 0.3) is 0 Å². The molecule has 2 heterocycles. The van der Waals surface area contributed by atoms with Crippen LogP contribution in [0.4, 0.5) is 5.82 Å². The Labute approximate surface area is 105 Å². The van der Waals surface area contributed by atoms with E-state index in [1.807, 2.05) is 0 Å². The quantitative estimate of drug-likeness (QED) is 0.771. The second kappa shape index (κ2) is 4.67. The zero-order valence-electron chi connectivity index (χ0n) is 11.5. The van der Waals surface area contributed by atoms with Crippen LogP contribution in [0.5, 0.6) is 0 Å². The number of nitrogens with zero attached hydrogens (tertiary/aromatic N) is 2. The van der Waals surface area contributed by atoms with Gasteiger partial charge in [-0.1, -0.05) is 26.8 Å². The smallest absolute Gasteiger partial charge is 0.129 e. The Kier molecular flexibility index (Phi) is 3.41. The highest BCUT2D eigenvalue weighted by Gasteiger charge is 2.29. The van der Waals surface area contributed by atoms with Gasteiger partial charge in [0, 0.05) is 18.3 Å². The van der Waals surface area contributed by atoms with Crippen molar-refractivity contribution in [3.05, 3.63) is 23.9 Å². The van der Waals surface area contributed by atoms with E-state index in [0.717, 1.165) is 18.1 Å². The highest BCUT2D eigenvalue weighted by atomic mass is 15.2. The molecule has 1 aliphatic rings. The first-order valence-corrected chi connectivity index (χ1v) is 6.66. The predicted molar refractivity (Wildman–Crippen MR) is 73.4 cm³/mol. The summed E-state index contributed by atoms with van der Waals surface area (Å²) in [5.41, 5.74) is 1.51. The lowest BCUT2D eigenvalue weighted by Gasteiger charge is -2.31. The van der Waals surface area contributed by atoms with Gasteiger partial charge in [-0.3, -0.25) is 0 Å². The topological polar surface area (TPSA) is 16.1 Å². The lowest BCUT2D eigenvalue weighted by molar-refractivity contribution is 0.338. The maximum atomic E-state index is 4.66. The van der Waals surface area contributed by atoms with Gasteiger partial charge in [0.05, 0.1) is 0 Å². The van der Waals surface area contributed by atoms with Crippen molar-refractivity contribution in [1.29, 1.82) is 0 Å². The van der Waals surface area contributed by atoms with Crippen LogP contribution in [0.2, 0.25) is 0 Å². The third-order valence-electron chi connectivity index (χ3n) is 3.39. The van der Waals surface area contributed by atoms with Crippen LogP contribution >= 0.6 is 0 Å². The average Bonchev–Trinajstić information content (AvgIpc) is 2.63. The minimum absolute atomic E-state index is 0.400. The lowest BCUT2D eigenvalue weighted by atomic mass is 9.87. The van der Waals surface area contributed by atoms with Gasteiger partial charge in [-0.15, -0.1) is 0 Å². The molecule has 1 aromatic heterocycles. The first kappa shape index (κ1) is 12.4. The molecule has 2 heteroatoms. The number of aryl methyl sites for hydroxylation is 1. The van der Waals surface area contributed by atoms with Crippen molar-refractivity contribution >= 4 is 5.82 Å². The summed E-state index contributed by atoms with van der Waals surface area (Å²) in [6.45, 7) is 10.2. The van der Waals surface area contributed by atoms with E-state index in [1.54, 1.807) is 0 Å². The maximum absolute atomic E-state index is 4.66. The molecule has 0 saturated carbocycles. The molecule has 0 aromatic carbocycles. The number of anilines is 1. The number of pyridine rings is 1. The van der Waals surface area contributed by atoms with Gasteiger partial charge >= 0.3 is 0 Å². The second-order valence-electron chi connectivity index (χ2n) is 6.39. The first-order valence-electron chi connectivity index (χ1n) is 6.66. The Morgan fingerprint density at radius 1 is 1.35 bits per heavy atom. The number of rotatable bonds is 2. The molecule has 1 unspecified atom stereocenters. The molecule has 1 saturated heterocycles. The van der Waals surface area contributed by atoms with Crippen LogP contribution in [0.15, 0.2) is 18.2 Å². The van der Waals surface area contributed by atoms with Crippen molar-refractivity contribution in [2.45, 2.75) is 53.0 Å². The maximum Gasteiger partial charge on any atom is 0.129 e. The van der Waals surface area contributed by atoms with Crippen LogP contribution in [0.1, 0.15) is 45.7 Å². The van der Waals surface area contributed by atoms with Gasteiger partial charge in [-0.25, -0.2) is 4.98 Å². The van der Waals surface area contributed by atoms with Crippen LogP contribution in [0.3, 0.4) is 0 Å². The molecular formula is C15H24N2. The molecule has 1 aromatic rings. The molecule has 0 N–H and O–H groups in total. The molecule has 94 valence electrons. The fourth-order valence-corrected chi connectivity index (χ4v) is 2.75. The van der Waals surface area contributed by atoms with E-state index in [0.29, 0.717) is 11.5 Å².